The molecule has 0 saturated carbocycles. The predicted molar refractivity (Wildman–Crippen MR) is 112 cm³/mol. The molecular formula is C24H34N2. The predicted octanol–water partition coefficient (Wildman–Crippen LogP) is 4.70. The Kier molecular flexibility index (Phi) is 8.21. The molecule has 0 aliphatic carbocycles. The molecule has 0 radical (unpaired) electrons. The van der Waals surface area contributed by atoms with Crippen LogP contribution in [0.1, 0.15) is 43.2 Å². The molecule has 2 nitrogen and oxygen atoms in total. The Morgan fingerprint density at radius 1 is 0.731 bits per heavy atom. The fourth-order valence-corrected chi connectivity index (χ4v) is 3.91. The van der Waals surface area contributed by atoms with Gasteiger partial charge in [0.2, 0.25) is 0 Å². The van der Waals surface area contributed by atoms with Crippen LogP contribution in [0.2, 0.25) is 0 Å². The maximum Gasteiger partial charge on any atom is 0.00914 e. The number of aryl methyl sites for hydroxylation is 2. The Labute approximate surface area is 159 Å². The molecule has 1 fully saturated rings. The Balaban J connectivity index is 1.20. The third-order valence-corrected chi connectivity index (χ3v) is 5.54. The zero-order valence-electron chi connectivity index (χ0n) is 16.1. The van der Waals surface area contributed by atoms with Crippen LogP contribution in [0.5, 0.6) is 0 Å². The zero-order chi connectivity index (χ0) is 17.9. The van der Waals surface area contributed by atoms with Gasteiger partial charge in [-0.25, -0.2) is 0 Å². The highest BCUT2D eigenvalue weighted by molar-refractivity contribution is 5.15. The van der Waals surface area contributed by atoms with E-state index in [2.05, 4.69) is 70.9 Å². The summed E-state index contributed by atoms with van der Waals surface area (Å²) in [6, 6.07) is 22.4. The summed E-state index contributed by atoms with van der Waals surface area (Å²) in [5, 5.41) is 3.77. The van der Waals surface area contributed by atoms with Crippen molar-refractivity contribution < 1.29 is 0 Å². The second kappa shape index (κ2) is 11.2. The molecule has 2 heteroatoms. The molecule has 0 atom stereocenters. The van der Waals surface area contributed by atoms with Crippen molar-refractivity contribution in [2.24, 2.45) is 0 Å². The SMILES string of the molecule is c1ccc(CCCCN2CCC(NCCCc3ccccc3)CC2)cc1. The molecule has 1 N–H and O–H groups in total. The number of rotatable bonds is 10. The van der Waals surface area contributed by atoms with E-state index in [1.807, 2.05) is 0 Å². The second-order valence-electron chi connectivity index (χ2n) is 7.60. The van der Waals surface area contributed by atoms with Crippen molar-refractivity contribution in [2.75, 3.05) is 26.2 Å². The van der Waals surface area contributed by atoms with E-state index in [1.54, 1.807) is 0 Å². The fraction of sp³-hybridized carbons (Fsp3) is 0.500. The molecule has 26 heavy (non-hydrogen) atoms. The minimum absolute atomic E-state index is 0.728. The van der Waals surface area contributed by atoms with Gasteiger partial charge < -0.3 is 10.2 Å². The molecule has 140 valence electrons. The van der Waals surface area contributed by atoms with Gasteiger partial charge in [0.1, 0.15) is 0 Å². The van der Waals surface area contributed by atoms with Gasteiger partial charge in [-0.3, -0.25) is 0 Å². The molecule has 0 spiro atoms. The van der Waals surface area contributed by atoms with E-state index in [9.17, 15) is 0 Å². The lowest BCUT2D eigenvalue weighted by Crippen LogP contribution is -2.43. The van der Waals surface area contributed by atoms with Crippen molar-refractivity contribution in [3.8, 4) is 0 Å². The van der Waals surface area contributed by atoms with Gasteiger partial charge in [-0.05, 0) is 82.3 Å². The first-order valence-electron chi connectivity index (χ1n) is 10.4. The van der Waals surface area contributed by atoms with Crippen molar-refractivity contribution in [3.63, 3.8) is 0 Å². The van der Waals surface area contributed by atoms with Crippen molar-refractivity contribution >= 4 is 0 Å². The van der Waals surface area contributed by atoms with E-state index in [4.69, 9.17) is 0 Å². The van der Waals surface area contributed by atoms with Gasteiger partial charge in [0.15, 0.2) is 0 Å². The average Bonchev–Trinajstić information content (AvgIpc) is 2.71. The first kappa shape index (κ1) is 19.1. The highest BCUT2D eigenvalue weighted by Gasteiger charge is 2.17. The van der Waals surface area contributed by atoms with E-state index in [0.717, 1.165) is 12.6 Å². The van der Waals surface area contributed by atoms with Crippen molar-refractivity contribution in [3.05, 3.63) is 71.8 Å². The smallest absolute Gasteiger partial charge is 0.00914 e. The number of unbranched alkanes of at least 4 members (excludes halogenated alkanes) is 1. The summed E-state index contributed by atoms with van der Waals surface area (Å²) in [6.07, 6.45) is 8.90. The van der Waals surface area contributed by atoms with E-state index < -0.39 is 0 Å². The third-order valence-electron chi connectivity index (χ3n) is 5.54. The summed E-state index contributed by atoms with van der Waals surface area (Å²) in [6.45, 7) is 4.95. The van der Waals surface area contributed by atoms with Gasteiger partial charge in [0.25, 0.3) is 0 Å². The number of hydrogen-bond donors (Lipinski definition) is 1. The molecule has 3 rings (SSSR count). The standard InChI is InChI=1S/C24H34N2/c1-3-10-22(11-4-1)14-7-8-19-26-20-16-24(17-21-26)25-18-9-15-23-12-5-2-6-13-23/h1-6,10-13,24-25H,7-9,14-21H2. The van der Waals surface area contributed by atoms with E-state index in [-0.39, 0.29) is 0 Å². The number of hydrogen-bond acceptors (Lipinski definition) is 2. The number of likely N-dealkylation sites (tertiary alicyclic amines) is 1. The summed E-state index contributed by atoms with van der Waals surface area (Å²) < 4.78 is 0. The molecule has 2 aromatic carbocycles. The molecule has 1 aliphatic heterocycles. The highest BCUT2D eigenvalue weighted by atomic mass is 15.1. The largest absolute Gasteiger partial charge is 0.314 e. The first-order valence-corrected chi connectivity index (χ1v) is 10.4. The van der Waals surface area contributed by atoms with Crippen LogP contribution in [0.3, 0.4) is 0 Å². The minimum atomic E-state index is 0.728. The normalized spacial score (nSPS) is 16.0. The molecule has 0 aromatic heterocycles. The van der Waals surface area contributed by atoms with Gasteiger partial charge >= 0.3 is 0 Å². The second-order valence-corrected chi connectivity index (χ2v) is 7.60. The van der Waals surface area contributed by atoms with Gasteiger partial charge in [0.05, 0.1) is 0 Å². The Morgan fingerprint density at radius 2 is 1.31 bits per heavy atom. The Morgan fingerprint density at radius 3 is 1.92 bits per heavy atom. The summed E-state index contributed by atoms with van der Waals surface area (Å²) in [5.74, 6) is 0. The van der Waals surface area contributed by atoms with Crippen molar-refractivity contribution in [1.82, 2.24) is 10.2 Å². The van der Waals surface area contributed by atoms with Crippen LogP contribution in [0.15, 0.2) is 60.7 Å². The van der Waals surface area contributed by atoms with Crippen LogP contribution in [-0.2, 0) is 12.8 Å². The molecule has 0 unspecified atom stereocenters. The van der Waals surface area contributed by atoms with E-state index in [0.29, 0.717) is 0 Å². The third kappa shape index (κ3) is 6.93. The zero-order valence-corrected chi connectivity index (χ0v) is 16.1. The van der Waals surface area contributed by atoms with E-state index in [1.165, 1.54) is 75.7 Å². The molecule has 2 aromatic rings. The molecular weight excluding hydrogens is 316 g/mol. The summed E-state index contributed by atoms with van der Waals surface area (Å²) >= 11 is 0. The Bertz CT molecular complexity index is 533. The molecule has 0 amide bonds. The van der Waals surface area contributed by atoms with Crippen LogP contribution < -0.4 is 5.32 Å². The summed E-state index contributed by atoms with van der Waals surface area (Å²) in [7, 11) is 0. The van der Waals surface area contributed by atoms with E-state index >= 15 is 0 Å². The van der Waals surface area contributed by atoms with Crippen LogP contribution >= 0.6 is 0 Å². The first-order chi connectivity index (χ1) is 12.9. The monoisotopic (exact) mass is 350 g/mol. The van der Waals surface area contributed by atoms with Crippen molar-refractivity contribution in [1.29, 1.82) is 0 Å². The van der Waals surface area contributed by atoms with Gasteiger partial charge in [-0.1, -0.05) is 60.7 Å². The number of benzene rings is 2. The van der Waals surface area contributed by atoms with Gasteiger partial charge in [-0.2, -0.15) is 0 Å². The lowest BCUT2D eigenvalue weighted by molar-refractivity contribution is 0.195. The topological polar surface area (TPSA) is 15.3 Å². The van der Waals surface area contributed by atoms with Crippen LogP contribution in [0.4, 0.5) is 0 Å². The summed E-state index contributed by atoms with van der Waals surface area (Å²) in [4.78, 5) is 2.66. The van der Waals surface area contributed by atoms with Crippen LogP contribution in [0, 0.1) is 0 Å². The highest BCUT2D eigenvalue weighted by Crippen LogP contribution is 2.12. The van der Waals surface area contributed by atoms with Gasteiger partial charge in [-0.15, -0.1) is 0 Å². The molecule has 0 bridgehead atoms. The maximum absolute atomic E-state index is 3.77. The fourth-order valence-electron chi connectivity index (χ4n) is 3.91. The lowest BCUT2D eigenvalue weighted by atomic mass is 10.0. The Hall–Kier alpha value is -1.64. The van der Waals surface area contributed by atoms with Crippen LogP contribution in [0.25, 0.3) is 0 Å². The molecule has 1 heterocycles. The average molecular weight is 351 g/mol. The van der Waals surface area contributed by atoms with Crippen LogP contribution in [-0.4, -0.2) is 37.1 Å². The minimum Gasteiger partial charge on any atom is -0.314 e. The van der Waals surface area contributed by atoms with Crippen molar-refractivity contribution in [2.45, 2.75) is 51.0 Å². The number of nitrogens with one attached hydrogen (secondary N) is 1. The lowest BCUT2D eigenvalue weighted by Gasteiger charge is -2.32. The number of piperidine rings is 1. The quantitative estimate of drug-likeness (QED) is 0.625. The summed E-state index contributed by atoms with van der Waals surface area (Å²) in [5.41, 5.74) is 2.94. The van der Waals surface area contributed by atoms with Gasteiger partial charge in [0, 0.05) is 6.04 Å². The molecule has 1 saturated heterocycles. The molecule has 1 aliphatic rings. The maximum atomic E-state index is 3.77. The number of nitrogens with zero attached hydrogens (tertiary/aromatic N) is 1.